The van der Waals surface area contributed by atoms with Crippen LogP contribution in [0.4, 0.5) is 0 Å². The maximum Gasteiger partial charge on any atom is 0.261 e. The van der Waals surface area contributed by atoms with Crippen molar-refractivity contribution in [3.63, 3.8) is 0 Å². The number of likely N-dealkylation sites (N-methyl/N-ethyl adjacent to an activating group) is 1. The Balaban J connectivity index is 1.67. The van der Waals surface area contributed by atoms with E-state index in [9.17, 15) is 4.79 Å². The predicted molar refractivity (Wildman–Crippen MR) is 132 cm³/mol. The number of halogens is 1. The molecule has 0 aliphatic rings. The number of benzene rings is 3. The maximum absolute atomic E-state index is 13.4. The lowest BCUT2D eigenvalue weighted by molar-refractivity contribution is -0.134. The quantitative estimate of drug-likeness (QED) is 0.341. The molecule has 0 radical (unpaired) electrons. The molecule has 1 heterocycles. The van der Waals surface area contributed by atoms with Gasteiger partial charge < -0.3 is 19.4 Å². The summed E-state index contributed by atoms with van der Waals surface area (Å²) >= 11 is 6.11. The van der Waals surface area contributed by atoms with Gasteiger partial charge in [-0.05, 0) is 61.4 Å². The van der Waals surface area contributed by atoms with Crippen LogP contribution in [-0.2, 0) is 4.79 Å². The number of H-pyrrole nitrogens is 1. The molecule has 0 aliphatic heterocycles. The Morgan fingerprint density at radius 3 is 2.48 bits per heavy atom. The average molecular weight is 463 g/mol. The van der Waals surface area contributed by atoms with Crippen LogP contribution in [0.1, 0.15) is 29.7 Å². The number of aromatic nitrogens is 1. The zero-order valence-corrected chi connectivity index (χ0v) is 19.7. The largest absolute Gasteiger partial charge is 0.497 e. The molecule has 0 saturated heterocycles. The lowest BCUT2D eigenvalue weighted by atomic mass is 9.96. The van der Waals surface area contributed by atoms with E-state index in [1.54, 1.807) is 19.2 Å². The molecule has 170 valence electrons. The first-order valence-corrected chi connectivity index (χ1v) is 11.3. The third-order valence-electron chi connectivity index (χ3n) is 5.81. The van der Waals surface area contributed by atoms with Gasteiger partial charge in [-0.2, -0.15) is 0 Å². The number of aryl methyl sites for hydroxylation is 1. The number of hydrogen-bond acceptors (Lipinski definition) is 3. The molecule has 1 atom stereocenters. The lowest BCUT2D eigenvalue weighted by Crippen LogP contribution is -2.38. The van der Waals surface area contributed by atoms with E-state index in [2.05, 4.69) is 11.1 Å². The molecule has 3 aromatic carbocycles. The highest BCUT2D eigenvalue weighted by Crippen LogP contribution is 2.34. The second-order valence-electron chi connectivity index (χ2n) is 7.84. The number of carbonyl (C=O) groups is 1. The van der Waals surface area contributed by atoms with Crippen LogP contribution in [0.3, 0.4) is 0 Å². The Hall–Kier alpha value is -3.44. The number of hydrogen-bond donors (Lipinski definition) is 1. The summed E-state index contributed by atoms with van der Waals surface area (Å²) in [5.41, 5.74) is 3.97. The minimum absolute atomic E-state index is 0.0656. The van der Waals surface area contributed by atoms with E-state index >= 15 is 0 Å². The first-order chi connectivity index (χ1) is 16.0. The maximum atomic E-state index is 13.4. The Morgan fingerprint density at radius 1 is 1.06 bits per heavy atom. The molecule has 5 nitrogen and oxygen atoms in total. The van der Waals surface area contributed by atoms with E-state index in [-0.39, 0.29) is 18.6 Å². The standard InChI is InChI=1S/C27H27ClN2O3/c1-4-30(26(31)17-33-21-13-14-24(28)18(2)15-21)27(19-9-11-20(32-3)12-10-19)23-16-29-25-8-6-5-7-22(23)25/h5-16,27,29H,4,17H2,1-3H3/t27-/m0/s1. The van der Waals surface area contributed by atoms with Crippen molar-refractivity contribution in [3.8, 4) is 11.5 Å². The van der Waals surface area contributed by atoms with Crippen LogP contribution in [0.15, 0.2) is 72.9 Å². The van der Waals surface area contributed by atoms with Crippen LogP contribution >= 0.6 is 11.6 Å². The summed E-state index contributed by atoms with van der Waals surface area (Å²) in [5.74, 6) is 1.29. The predicted octanol–water partition coefficient (Wildman–Crippen LogP) is 6.16. The van der Waals surface area contributed by atoms with Crippen molar-refractivity contribution in [3.05, 3.63) is 94.6 Å². The molecule has 0 bridgehead atoms. The molecule has 1 aromatic heterocycles. The smallest absolute Gasteiger partial charge is 0.261 e. The van der Waals surface area contributed by atoms with Crippen molar-refractivity contribution in [2.24, 2.45) is 0 Å². The number of aromatic amines is 1. The van der Waals surface area contributed by atoms with Gasteiger partial charge in [-0.3, -0.25) is 4.79 Å². The van der Waals surface area contributed by atoms with Crippen LogP contribution < -0.4 is 9.47 Å². The van der Waals surface area contributed by atoms with Crippen molar-refractivity contribution in [2.45, 2.75) is 19.9 Å². The van der Waals surface area contributed by atoms with Crippen LogP contribution in [0.25, 0.3) is 10.9 Å². The number of nitrogens with one attached hydrogen (secondary N) is 1. The van der Waals surface area contributed by atoms with Crippen molar-refractivity contribution in [2.75, 3.05) is 20.3 Å². The summed E-state index contributed by atoms with van der Waals surface area (Å²) < 4.78 is 11.2. The van der Waals surface area contributed by atoms with E-state index < -0.39 is 0 Å². The molecule has 0 aliphatic carbocycles. The minimum atomic E-state index is -0.278. The number of amides is 1. The van der Waals surface area contributed by atoms with Gasteiger partial charge in [0, 0.05) is 34.2 Å². The third kappa shape index (κ3) is 4.83. The number of para-hydroxylation sites is 1. The zero-order valence-electron chi connectivity index (χ0n) is 19.0. The van der Waals surface area contributed by atoms with Crippen LogP contribution in [-0.4, -0.2) is 36.1 Å². The number of ether oxygens (including phenoxy) is 2. The Bertz CT molecular complexity index is 1250. The van der Waals surface area contributed by atoms with Gasteiger partial charge in [-0.1, -0.05) is 41.9 Å². The van der Waals surface area contributed by atoms with Crippen molar-refractivity contribution in [1.29, 1.82) is 0 Å². The van der Waals surface area contributed by atoms with E-state index in [4.69, 9.17) is 21.1 Å². The number of nitrogens with zero attached hydrogens (tertiary/aromatic N) is 1. The van der Waals surface area contributed by atoms with E-state index in [0.29, 0.717) is 17.3 Å². The van der Waals surface area contributed by atoms with E-state index in [1.807, 2.05) is 73.5 Å². The fourth-order valence-corrected chi connectivity index (χ4v) is 4.19. The SMILES string of the molecule is CCN(C(=O)COc1ccc(Cl)c(C)c1)[C@@H](c1ccc(OC)cc1)c1c[nH]c2ccccc12. The van der Waals surface area contributed by atoms with Crippen molar-refractivity contribution in [1.82, 2.24) is 9.88 Å². The highest BCUT2D eigenvalue weighted by molar-refractivity contribution is 6.31. The summed E-state index contributed by atoms with van der Waals surface area (Å²) in [6, 6.07) is 21.1. The molecular formula is C27H27ClN2O3. The summed E-state index contributed by atoms with van der Waals surface area (Å²) in [5, 5.41) is 1.75. The highest BCUT2D eigenvalue weighted by Gasteiger charge is 2.28. The highest BCUT2D eigenvalue weighted by atomic mass is 35.5. The summed E-state index contributed by atoms with van der Waals surface area (Å²) in [4.78, 5) is 18.6. The Kier molecular flexibility index (Phi) is 6.90. The average Bonchev–Trinajstić information content (AvgIpc) is 3.27. The van der Waals surface area contributed by atoms with Crippen molar-refractivity contribution >= 4 is 28.4 Å². The normalized spacial score (nSPS) is 11.9. The second kappa shape index (κ2) is 10.0. The Morgan fingerprint density at radius 2 is 1.79 bits per heavy atom. The monoisotopic (exact) mass is 462 g/mol. The number of carbonyl (C=O) groups excluding carboxylic acids is 1. The molecule has 1 N–H and O–H groups in total. The molecule has 4 rings (SSSR count). The molecule has 0 fully saturated rings. The second-order valence-corrected chi connectivity index (χ2v) is 8.25. The molecule has 4 aromatic rings. The van der Waals surface area contributed by atoms with Gasteiger partial charge in [0.2, 0.25) is 0 Å². The van der Waals surface area contributed by atoms with Gasteiger partial charge in [0.1, 0.15) is 11.5 Å². The van der Waals surface area contributed by atoms with Gasteiger partial charge in [-0.15, -0.1) is 0 Å². The first-order valence-electron chi connectivity index (χ1n) is 10.9. The Labute approximate surface area is 198 Å². The third-order valence-corrected chi connectivity index (χ3v) is 6.24. The number of rotatable bonds is 8. The van der Waals surface area contributed by atoms with Gasteiger partial charge in [-0.25, -0.2) is 0 Å². The first kappa shape index (κ1) is 22.7. The minimum Gasteiger partial charge on any atom is -0.497 e. The lowest BCUT2D eigenvalue weighted by Gasteiger charge is -2.31. The molecule has 0 spiro atoms. The number of methoxy groups -OCH3 is 1. The molecule has 0 unspecified atom stereocenters. The molecule has 0 saturated carbocycles. The van der Waals surface area contributed by atoms with Crippen LogP contribution in [0.5, 0.6) is 11.5 Å². The summed E-state index contributed by atoms with van der Waals surface area (Å²) in [6.45, 7) is 4.35. The number of fused-ring (bicyclic) bond motifs is 1. The van der Waals surface area contributed by atoms with E-state index in [0.717, 1.165) is 33.3 Å². The van der Waals surface area contributed by atoms with Gasteiger partial charge in [0.15, 0.2) is 6.61 Å². The molecular weight excluding hydrogens is 436 g/mol. The van der Waals surface area contributed by atoms with E-state index in [1.165, 1.54) is 0 Å². The van der Waals surface area contributed by atoms with Crippen molar-refractivity contribution < 1.29 is 14.3 Å². The topological polar surface area (TPSA) is 54.6 Å². The van der Waals surface area contributed by atoms with Gasteiger partial charge >= 0.3 is 0 Å². The molecule has 33 heavy (non-hydrogen) atoms. The summed E-state index contributed by atoms with van der Waals surface area (Å²) in [7, 11) is 1.64. The zero-order chi connectivity index (χ0) is 23.4. The summed E-state index contributed by atoms with van der Waals surface area (Å²) in [6.07, 6.45) is 1.99. The van der Waals surface area contributed by atoms with Gasteiger partial charge in [0.25, 0.3) is 5.91 Å². The fourth-order valence-electron chi connectivity index (χ4n) is 4.07. The van der Waals surface area contributed by atoms with Crippen LogP contribution in [0.2, 0.25) is 5.02 Å². The fraction of sp³-hybridized carbons (Fsp3) is 0.222. The van der Waals surface area contributed by atoms with Gasteiger partial charge in [0.05, 0.1) is 13.2 Å². The molecule has 1 amide bonds. The van der Waals surface area contributed by atoms with Crippen LogP contribution in [0, 0.1) is 6.92 Å². The molecule has 6 heteroatoms.